The van der Waals surface area contributed by atoms with Gasteiger partial charge in [0.05, 0.1) is 0 Å². The van der Waals surface area contributed by atoms with Crippen molar-refractivity contribution in [1.29, 1.82) is 0 Å². The predicted octanol–water partition coefficient (Wildman–Crippen LogP) is 1.99. The average molecular weight is 302 g/mol. The topological polar surface area (TPSA) is 96.9 Å². The molecule has 9 heteroatoms. The van der Waals surface area contributed by atoms with Gasteiger partial charge in [-0.15, -0.1) is 8.78 Å². The minimum absolute atomic E-state index is 0.150. The van der Waals surface area contributed by atoms with E-state index in [1.807, 2.05) is 0 Å². The summed E-state index contributed by atoms with van der Waals surface area (Å²) in [5.41, 5.74) is 0.160. The molecule has 1 aliphatic rings. The van der Waals surface area contributed by atoms with E-state index in [1.54, 1.807) is 6.92 Å². The molecule has 2 rings (SSSR count). The number of anilines is 1. The van der Waals surface area contributed by atoms with E-state index in [0.717, 1.165) is 6.07 Å². The number of ether oxygens (including phenoxy) is 2. The molecule has 0 saturated heterocycles. The first-order chi connectivity index (χ1) is 9.80. The molecule has 0 aromatic heterocycles. The summed E-state index contributed by atoms with van der Waals surface area (Å²) in [6.45, 7) is 1.60. The van der Waals surface area contributed by atoms with Gasteiger partial charge in [0.15, 0.2) is 11.5 Å². The molecule has 0 aliphatic carbocycles. The number of urea groups is 1. The Labute approximate surface area is 117 Å². The molecule has 1 aliphatic heterocycles. The summed E-state index contributed by atoms with van der Waals surface area (Å²) in [6, 6.07) is 1.88. The molecule has 0 bridgehead atoms. The Kier molecular flexibility index (Phi) is 3.83. The quantitative estimate of drug-likeness (QED) is 0.790. The van der Waals surface area contributed by atoms with Gasteiger partial charge in [-0.3, -0.25) is 0 Å². The first-order valence-corrected chi connectivity index (χ1v) is 6.01. The lowest BCUT2D eigenvalue weighted by atomic mass is 10.2. The summed E-state index contributed by atoms with van der Waals surface area (Å²) in [5.74, 6) is -1.54. The standard InChI is InChI=1S/C12H12F2N2O5/c1-2-7(10(17)18)16-11(19)15-6-3-4-8-9(5-6)21-12(13,14)20-8/h3-5,7H,2H2,1H3,(H,17,18)(H2,15,16,19)/t7-/m0/s1. The number of hydrogen-bond donors (Lipinski definition) is 3. The van der Waals surface area contributed by atoms with Gasteiger partial charge in [0.25, 0.3) is 0 Å². The molecule has 1 atom stereocenters. The van der Waals surface area contributed by atoms with E-state index in [0.29, 0.717) is 0 Å². The molecule has 1 aromatic rings. The summed E-state index contributed by atoms with van der Waals surface area (Å²) in [7, 11) is 0. The van der Waals surface area contributed by atoms with Crippen molar-refractivity contribution in [1.82, 2.24) is 5.32 Å². The minimum atomic E-state index is -3.74. The Bertz CT molecular complexity index is 579. The van der Waals surface area contributed by atoms with Crippen molar-refractivity contribution in [3.8, 4) is 11.5 Å². The highest BCUT2D eigenvalue weighted by molar-refractivity contribution is 5.92. The predicted molar refractivity (Wildman–Crippen MR) is 66.5 cm³/mol. The third-order valence-corrected chi connectivity index (χ3v) is 2.67. The molecule has 0 unspecified atom stereocenters. The molecule has 1 aromatic carbocycles. The SMILES string of the molecule is CC[C@H](NC(=O)Nc1ccc2c(c1)OC(F)(F)O2)C(=O)O. The zero-order chi connectivity index (χ0) is 15.6. The number of carboxylic acids is 1. The fraction of sp³-hybridized carbons (Fsp3) is 0.333. The van der Waals surface area contributed by atoms with Crippen molar-refractivity contribution in [3.63, 3.8) is 0 Å². The fourth-order valence-electron chi connectivity index (χ4n) is 1.69. The molecule has 2 amide bonds. The third kappa shape index (κ3) is 3.50. The summed E-state index contributed by atoms with van der Waals surface area (Å²) >= 11 is 0. The van der Waals surface area contributed by atoms with E-state index in [-0.39, 0.29) is 23.6 Å². The Hall–Kier alpha value is -2.58. The summed E-state index contributed by atoms with van der Waals surface area (Å²) in [6.07, 6.45) is -3.53. The number of carboxylic acid groups (broad SMARTS) is 1. The van der Waals surface area contributed by atoms with Gasteiger partial charge in [-0.05, 0) is 18.6 Å². The van der Waals surface area contributed by atoms with E-state index in [1.165, 1.54) is 12.1 Å². The van der Waals surface area contributed by atoms with Crippen LogP contribution in [0.5, 0.6) is 11.5 Å². The number of fused-ring (bicyclic) bond motifs is 1. The van der Waals surface area contributed by atoms with Crippen molar-refractivity contribution >= 4 is 17.7 Å². The van der Waals surface area contributed by atoms with Crippen LogP contribution in [0.15, 0.2) is 18.2 Å². The average Bonchev–Trinajstić information content (AvgIpc) is 2.68. The zero-order valence-electron chi connectivity index (χ0n) is 10.9. The van der Waals surface area contributed by atoms with Crippen molar-refractivity contribution in [2.75, 3.05) is 5.32 Å². The molecule has 114 valence electrons. The van der Waals surface area contributed by atoms with Gasteiger partial charge in [0.1, 0.15) is 6.04 Å². The van der Waals surface area contributed by atoms with E-state index >= 15 is 0 Å². The number of nitrogens with one attached hydrogen (secondary N) is 2. The minimum Gasteiger partial charge on any atom is -0.480 e. The number of hydrogen-bond acceptors (Lipinski definition) is 4. The van der Waals surface area contributed by atoms with Crippen LogP contribution in [0, 0.1) is 0 Å². The van der Waals surface area contributed by atoms with Crippen molar-refractivity contribution in [2.45, 2.75) is 25.7 Å². The molecule has 3 N–H and O–H groups in total. The largest absolute Gasteiger partial charge is 0.586 e. The Morgan fingerprint density at radius 2 is 2.00 bits per heavy atom. The van der Waals surface area contributed by atoms with Crippen LogP contribution in [0.2, 0.25) is 0 Å². The molecule has 0 radical (unpaired) electrons. The summed E-state index contributed by atoms with van der Waals surface area (Å²) in [5, 5.41) is 13.4. The van der Waals surface area contributed by atoms with Crippen LogP contribution in [0.1, 0.15) is 13.3 Å². The normalized spacial score (nSPS) is 16.1. The molecule has 7 nitrogen and oxygen atoms in total. The molecule has 0 saturated carbocycles. The Balaban J connectivity index is 2.02. The summed E-state index contributed by atoms with van der Waals surface area (Å²) in [4.78, 5) is 22.4. The van der Waals surface area contributed by atoms with Gasteiger partial charge >= 0.3 is 18.3 Å². The van der Waals surface area contributed by atoms with Gasteiger partial charge in [0.2, 0.25) is 0 Å². The highest BCUT2D eigenvalue weighted by Crippen LogP contribution is 2.42. The highest BCUT2D eigenvalue weighted by Gasteiger charge is 2.43. The van der Waals surface area contributed by atoms with E-state index in [2.05, 4.69) is 20.1 Å². The maximum atomic E-state index is 12.8. The van der Waals surface area contributed by atoms with Crippen LogP contribution in [0.25, 0.3) is 0 Å². The van der Waals surface area contributed by atoms with Crippen molar-refractivity contribution in [2.24, 2.45) is 0 Å². The van der Waals surface area contributed by atoms with Crippen LogP contribution in [-0.2, 0) is 4.79 Å². The second-order valence-corrected chi connectivity index (χ2v) is 4.23. The number of alkyl halides is 2. The number of benzene rings is 1. The van der Waals surface area contributed by atoms with E-state index < -0.39 is 24.3 Å². The first kappa shape index (κ1) is 14.8. The maximum absolute atomic E-state index is 12.8. The van der Waals surface area contributed by atoms with Gasteiger partial charge in [0, 0.05) is 11.8 Å². The molecular formula is C12H12F2N2O5. The van der Waals surface area contributed by atoms with Crippen molar-refractivity contribution in [3.05, 3.63) is 18.2 Å². The van der Waals surface area contributed by atoms with Gasteiger partial charge in [-0.1, -0.05) is 6.92 Å². The smallest absolute Gasteiger partial charge is 0.480 e. The van der Waals surface area contributed by atoms with Crippen LogP contribution >= 0.6 is 0 Å². The van der Waals surface area contributed by atoms with Crippen LogP contribution < -0.4 is 20.1 Å². The lowest BCUT2D eigenvalue weighted by Crippen LogP contribution is -2.42. The first-order valence-electron chi connectivity index (χ1n) is 6.01. The second-order valence-electron chi connectivity index (χ2n) is 4.23. The summed E-state index contributed by atoms with van der Waals surface area (Å²) < 4.78 is 34.1. The zero-order valence-corrected chi connectivity index (χ0v) is 10.9. The highest BCUT2D eigenvalue weighted by atomic mass is 19.3. The number of rotatable bonds is 4. The lowest BCUT2D eigenvalue weighted by Gasteiger charge is -2.13. The molecule has 21 heavy (non-hydrogen) atoms. The fourth-order valence-corrected chi connectivity index (χ4v) is 1.69. The Morgan fingerprint density at radius 3 is 2.62 bits per heavy atom. The number of carbonyl (C=O) groups is 2. The van der Waals surface area contributed by atoms with E-state index in [4.69, 9.17) is 5.11 Å². The molecule has 0 fully saturated rings. The second kappa shape index (κ2) is 5.43. The van der Waals surface area contributed by atoms with Crippen molar-refractivity contribution < 1.29 is 33.0 Å². The van der Waals surface area contributed by atoms with Gasteiger partial charge in [-0.2, -0.15) is 0 Å². The third-order valence-electron chi connectivity index (χ3n) is 2.67. The molecule has 1 heterocycles. The van der Waals surface area contributed by atoms with Crippen LogP contribution in [0.4, 0.5) is 19.3 Å². The van der Waals surface area contributed by atoms with Crippen LogP contribution in [0.3, 0.4) is 0 Å². The monoisotopic (exact) mass is 302 g/mol. The lowest BCUT2D eigenvalue weighted by molar-refractivity contribution is -0.286. The molecule has 0 spiro atoms. The molecular weight excluding hydrogens is 290 g/mol. The van der Waals surface area contributed by atoms with Gasteiger partial charge in [-0.25, -0.2) is 9.59 Å². The number of carbonyl (C=O) groups excluding carboxylic acids is 1. The number of amides is 2. The maximum Gasteiger partial charge on any atom is 0.586 e. The van der Waals surface area contributed by atoms with E-state index in [9.17, 15) is 18.4 Å². The van der Waals surface area contributed by atoms with Crippen LogP contribution in [-0.4, -0.2) is 29.4 Å². The number of aliphatic carboxylic acids is 1. The number of halogens is 2. The Morgan fingerprint density at radius 1 is 1.33 bits per heavy atom. The van der Waals surface area contributed by atoms with Gasteiger partial charge < -0.3 is 25.2 Å².